The van der Waals surface area contributed by atoms with Crippen molar-refractivity contribution in [2.24, 2.45) is 0 Å². The number of nitrogens with one attached hydrogen (secondary N) is 4. The highest BCUT2D eigenvalue weighted by Gasteiger charge is 2.36. The highest BCUT2D eigenvalue weighted by Crippen LogP contribution is 2.14. The number of carbonyl (C=O) groups excluding carboxylic acids is 4. The van der Waals surface area contributed by atoms with Gasteiger partial charge in [-0.2, -0.15) is 4.98 Å². The summed E-state index contributed by atoms with van der Waals surface area (Å²) in [6, 6.07) is 4.71. The minimum Gasteiger partial charge on any atom is -0.480 e. The lowest BCUT2D eigenvalue weighted by molar-refractivity contribution is -0.138. The molecule has 198 valence electrons. The van der Waals surface area contributed by atoms with Crippen LogP contribution in [0.5, 0.6) is 0 Å². The third-order valence-electron chi connectivity index (χ3n) is 5.11. The van der Waals surface area contributed by atoms with Crippen LogP contribution in [-0.4, -0.2) is 92.2 Å². The minimum absolute atomic E-state index is 0.130. The molecule has 0 bridgehead atoms. The van der Waals surface area contributed by atoms with Gasteiger partial charge in [0.05, 0.1) is 0 Å². The van der Waals surface area contributed by atoms with Gasteiger partial charge in [-0.1, -0.05) is 12.1 Å². The van der Waals surface area contributed by atoms with E-state index in [1.54, 1.807) is 24.3 Å². The van der Waals surface area contributed by atoms with Crippen molar-refractivity contribution in [2.75, 3.05) is 42.5 Å². The van der Waals surface area contributed by atoms with Crippen molar-refractivity contribution in [2.45, 2.75) is 26.0 Å². The quantitative estimate of drug-likeness (QED) is 0.159. The molecule has 1 aliphatic heterocycles. The zero-order valence-electron chi connectivity index (χ0n) is 19.9. The number of benzene rings is 1. The molecular formula is C21H27N9O7. The number of anilines is 3. The number of H-pyrrole nitrogens is 1. The SMILES string of the molecule is CC(NC(=O)OCc1cccc(NC(=O)CN2C(=O)CN(CCCNc3n[nH]c(N)n3)C2=O)c1)C(=O)O. The van der Waals surface area contributed by atoms with Crippen LogP contribution in [0.15, 0.2) is 24.3 Å². The normalized spacial score (nSPS) is 13.9. The van der Waals surface area contributed by atoms with Crippen molar-refractivity contribution in [3.63, 3.8) is 0 Å². The smallest absolute Gasteiger partial charge is 0.408 e. The number of carboxylic acids is 1. The Morgan fingerprint density at radius 3 is 2.78 bits per heavy atom. The van der Waals surface area contributed by atoms with Crippen molar-refractivity contribution in [3.8, 4) is 0 Å². The Morgan fingerprint density at radius 1 is 1.30 bits per heavy atom. The molecule has 2 aromatic rings. The van der Waals surface area contributed by atoms with Crippen molar-refractivity contribution in [1.29, 1.82) is 0 Å². The first-order valence-electron chi connectivity index (χ1n) is 11.2. The van der Waals surface area contributed by atoms with Gasteiger partial charge >= 0.3 is 18.1 Å². The Labute approximate surface area is 210 Å². The number of imide groups is 1. The predicted molar refractivity (Wildman–Crippen MR) is 128 cm³/mol. The molecule has 1 aromatic heterocycles. The number of nitrogens with two attached hydrogens (primary N) is 1. The molecule has 7 N–H and O–H groups in total. The van der Waals surface area contributed by atoms with Crippen LogP contribution >= 0.6 is 0 Å². The number of aromatic amines is 1. The second-order valence-corrected chi connectivity index (χ2v) is 8.04. The number of aromatic nitrogens is 3. The van der Waals surface area contributed by atoms with Crippen molar-refractivity contribution in [1.82, 2.24) is 30.3 Å². The largest absolute Gasteiger partial charge is 0.480 e. The van der Waals surface area contributed by atoms with Gasteiger partial charge in [0, 0.05) is 18.8 Å². The summed E-state index contributed by atoms with van der Waals surface area (Å²) in [6.45, 7) is 1.27. The number of hydrogen-bond acceptors (Lipinski definition) is 10. The zero-order chi connectivity index (χ0) is 26.9. The summed E-state index contributed by atoms with van der Waals surface area (Å²) < 4.78 is 4.98. The van der Waals surface area contributed by atoms with Crippen LogP contribution in [0, 0.1) is 0 Å². The Morgan fingerprint density at radius 2 is 2.08 bits per heavy atom. The summed E-state index contributed by atoms with van der Waals surface area (Å²) >= 11 is 0. The van der Waals surface area contributed by atoms with E-state index in [0.29, 0.717) is 30.2 Å². The number of nitrogens with zero attached hydrogens (tertiary/aromatic N) is 4. The number of rotatable bonds is 12. The first kappa shape index (κ1) is 26.7. The fraction of sp³-hybridized carbons (Fsp3) is 0.381. The molecule has 1 atom stereocenters. The monoisotopic (exact) mass is 517 g/mol. The van der Waals surface area contributed by atoms with Crippen molar-refractivity contribution in [3.05, 3.63) is 29.8 Å². The molecule has 37 heavy (non-hydrogen) atoms. The van der Waals surface area contributed by atoms with Gasteiger partial charge in [-0.3, -0.25) is 19.3 Å². The number of hydrogen-bond donors (Lipinski definition) is 6. The van der Waals surface area contributed by atoms with E-state index in [-0.39, 0.29) is 25.6 Å². The summed E-state index contributed by atoms with van der Waals surface area (Å²) in [5.74, 6) is -1.78. The maximum absolute atomic E-state index is 12.6. The van der Waals surface area contributed by atoms with Crippen LogP contribution in [0.4, 0.5) is 27.2 Å². The fourth-order valence-electron chi connectivity index (χ4n) is 3.26. The Bertz CT molecular complexity index is 1170. The molecule has 1 unspecified atom stereocenters. The Hall–Kier alpha value is -4.89. The van der Waals surface area contributed by atoms with E-state index in [2.05, 4.69) is 31.1 Å². The number of alkyl carbamates (subject to hydrolysis) is 1. The number of ether oxygens (including phenoxy) is 1. The van der Waals surface area contributed by atoms with Gasteiger partial charge in [0.1, 0.15) is 25.7 Å². The third kappa shape index (κ3) is 7.81. The second-order valence-electron chi connectivity index (χ2n) is 8.04. The van der Waals surface area contributed by atoms with Crippen LogP contribution in [0.25, 0.3) is 0 Å². The number of urea groups is 1. The average molecular weight is 518 g/mol. The zero-order valence-corrected chi connectivity index (χ0v) is 19.9. The number of aliphatic carboxylic acids is 1. The van der Waals surface area contributed by atoms with Gasteiger partial charge in [0.25, 0.3) is 5.91 Å². The maximum atomic E-state index is 12.6. The van der Waals surface area contributed by atoms with Crippen LogP contribution in [-0.2, 0) is 25.7 Å². The van der Waals surface area contributed by atoms with Gasteiger partial charge in [-0.15, -0.1) is 5.10 Å². The summed E-state index contributed by atoms with van der Waals surface area (Å²) in [5, 5.41) is 22.8. The predicted octanol–water partition coefficient (Wildman–Crippen LogP) is -0.209. The number of amides is 5. The molecule has 0 radical (unpaired) electrons. The van der Waals surface area contributed by atoms with Crippen molar-refractivity contribution < 1.29 is 33.8 Å². The summed E-state index contributed by atoms with van der Waals surface area (Å²) in [6.07, 6.45) is -0.395. The van der Waals surface area contributed by atoms with Crippen LogP contribution < -0.4 is 21.7 Å². The Balaban J connectivity index is 1.43. The summed E-state index contributed by atoms with van der Waals surface area (Å²) in [5.41, 5.74) is 6.33. The van der Waals surface area contributed by atoms with Gasteiger partial charge in [-0.25, -0.2) is 14.7 Å². The van der Waals surface area contributed by atoms with E-state index < -0.39 is 42.5 Å². The van der Waals surface area contributed by atoms with Crippen LogP contribution in [0.3, 0.4) is 0 Å². The summed E-state index contributed by atoms with van der Waals surface area (Å²) in [4.78, 5) is 65.9. The van der Waals surface area contributed by atoms with Crippen LogP contribution in [0.2, 0.25) is 0 Å². The lowest BCUT2D eigenvalue weighted by Gasteiger charge is -2.17. The van der Waals surface area contributed by atoms with Gasteiger partial charge < -0.3 is 36.4 Å². The van der Waals surface area contributed by atoms with E-state index in [9.17, 15) is 24.0 Å². The van der Waals surface area contributed by atoms with E-state index in [0.717, 1.165) is 4.90 Å². The Kier molecular flexibility index (Phi) is 8.80. The molecule has 0 aliphatic carbocycles. The molecule has 1 fully saturated rings. The fourth-order valence-corrected chi connectivity index (χ4v) is 3.26. The van der Waals surface area contributed by atoms with E-state index in [1.165, 1.54) is 11.8 Å². The third-order valence-corrected chi connectivity index (χ3v) is 5.11. The van der Waals surface area contributed by atoms with Gasteiger partial charge in [-0.05, 0) is 31.0 Å². The average Bonchev–Trinajstić information content (AvgIpc) is 3.38. The second kappa shape index (κ2) is 12.2. The molecule has 5 amide bonds. The first-order valence-corrected chi connectivity index (χ1v) is 11.2. The number of carboxylic acid groups (broad SMARTS) is 1. The van der Waals surface area contributed by atoms with Crippen molar-refractivity contribution >= 4 is 47.5 Å². The minimum atomic E-state index is -1.20. The molecule has 0 spiro atoms. The van der Waals surface area contributed by atoms with Crippen LogP contribution in [0.1, 0.15) is 18.9 Å². The highest BCUT2D eigenvalue weighted by molar-refractivity contribution is 6.06. The van der Waals surface area contributed by atoms with E-state index >= 15 is 0 Å². The molecule has 2 heterocycles. The molecule has 0 saturated carbocycles. The molecule has 3 rings (SSSR count). The topological polar surface area (TPSA) is 225 Å². The molecular weight excluding hydrogens is 490 g/mol. The lowest BCUT2D eigenvalue weighted by atomic mass is 10.2. The molecule has 1 aliphatic rings. The van der Waals surface area contributed by atoms with E-state index in [4.69, 9.17) is 15.6 Å². The van der Waals surface area contributed by atoms with Gasteiger partial charge in [0.2, 0.25) is 17.8 Å². The molecule has 16 nitrogen and oxygen atoms in total. The first-order chi connectivity index (χ1) is 17.6. The van der Waals surface area contributed by atoms with Gasteiger partial charge in [0.15, 0.2) is 0 Å². The standard InChI is InChI=1S/C21H27N9O7/c1-12(17(33)34)24-20(35)37-11-13-4-2-5-14(8-13)25-15(31)9-30-16(32)10-29(21(30)36)7-3-6-23-19-26-18(22)27-28-19/h2,4-5,8,12H,3,6-7,9-11H2,1H3,(H,24,35)(H,25,31)(H,33,34)(H4,22,23,26,27,28). The number of carbonyl (C=O) groups is 5. The molecule has 16 heteroatoms. The molecule has 1 aromatic carbocycles. The van der Waals surface area contributed by atoms with E-state index in [1.807, 2.05) is 0 Å². The lowest BCUT2D eigenvalue weighted by Crippen LogP contribution is -2.39. The number of nitrogen functional groups attached to an aromatic ring is 1. The summed E-state index contributed by atoms with van der Waals surface area (Å²) in [7, 11) is 0. The highest BCUT2D eigenvalue weighted by atomic mass is 16.5. The maximum Gasteiger partial charge on any atom is 0.408 e. The molecule has 1 saturated heterocycles.